The Morgan fingerprint density at radius 3 is 2.90 bits per heavy atom. The number of aromatic hydroxyl groups is 1. The number of carbonyl (C=O) groups is 1. The van der Waals surface area contributed by atoms with Crippen LogP contribution in [0, 0.1) is 0 Å². The number of hydrazone groups is 1. The third kappa shape index (κ3) is 4.09. The molecule has 110 valence electrons. The Kier molecular flexibility index (Phi) is 4.99. The molecule has 0 fully saturated rings. The Morgan fingerprint density at radius 2 is 2.29 bits per heavy atom. The van der Waals surface area contributed by atoms with Crippen LogP contribution in [0.15, 0.2) is 44.5 Å². The van der Waals surface area contributed by atoms with Gasteiger partial charge in [0, 0.05) is 0 Å². The number of rotatable bonds is 5. The maximum absolute atomic E-state index is 11.6. The van der Waals surface area contributed by atoms with E-state index in [1.54, 1.807) is 18.2 Å². The number of phenolic OH excluding ortho intramolecular Hbond substituents is 1. The topological polar surface area (TPSA) is 84.1 Å². The van der Waals surface area contributed by atoms with E-state index in [1.165, 1.54) is 18.3 Å². The summed E-state index contributed by atoms with van der Waals surface area (Å²) in [6.07, 6.45) is 1.41. The molecule has 0 spiro atoms. The number of hydrogen-bond donors (Lipinski definition) is 2. The maximum atomic E-state index is 11.6. The molecule has 0 saturated carbocycles. The van der Waals surface area contributed by atoms with Crippen LogP contribution in [0.3, 0.4) is 0 Å². The van der Waals surface area contributed by atoms with Gasteiger partial charge in [-0.2, -0.15) is 5.10 Å². The highest BCUT2D eigenvalue weighted by atomic mass is 79.9. The summed E-state index contributed by atoms with van der Waals surface area (Å²) >= 11 is 3.11. The van der Waals surface area contributed by atoms with E-state index in [0.29, 0.717) is 22.6 Å². The molecule has 0 saturated heterocycles. The Hall–Kier alpha value is -2.28. The number of phenols is 1. The highest BCUT2D eigenvalue weighted by Gasteiger charge is 2.08. The molecule has 1 heterocycles. The monoisotopic (exact) mass is 352 g/mol. The SMILES string of the molecule is CCOc1ccc(/C=N/NC(=O)c2ccc(Br)o2)cc1O. The lowest BCUT2D eigenvalue weighted by molar-refractivity contribution is 0.0926. The van der Waals surface area contributed by atoms with Gasteiger partial charge in [-0.1, -0.05) is 0 Å². The minimum Gasteiger partial charge on any atom is -0.504 e. The lowest BCUT2D eigenvalue weighted by Gasteiger charge is -2.05. The first-order valence-electron chi connectivity index (χ1n) is 6.14. The first-order chi connectivity index (χ1) is 10.1. The summed E-state index contributed by atoms with van der Waals surface area (Å²) in [6.45, 7) is 2.30. The second-order valence-electron chi connectivity index (χ2n) is 3.96. The van der Waals surface area contributed by atoms with Crippen molar-refractivity contribution in [3.8, 4) is 11.5 Å². The Morgan fingerprint density at radius 1 is 1.48 bits per heavy atom. The molecule has 0 aliphatic carbocycles. The van der Waals surface area contributed by atoms with Gasteiger partial charge in [0.15, 0.2) is 21.9 Å². The number of hydrogen-bond acceptors (Lipinski definition) is 5. The van der Waals surface area contributed by atoms with Gasteiger partial charge in [-0.15, -0.1) is 0 Å². The van der Waals surface area contributed by atoms with Crippen molar-refractivity contribution < 1.29 is 19.1 Å². The van der Waals surface area contributed by atoms with Crippen LogP contribution in [0.25, 0.3) is 0 Å². The molecule has 0 atom stereocenters. The molecule has 6 nitrogen and oxygen atoms in total. The lowest BCUT2D eigenvalue weighted by atomic mass is 10.2. The van der Waals surface area contributed by atoms with Crippen LogP contribution >= 0.6 is 15.9 Å². The summed E-state index contributed by atoms with van der Waals surface area (Å²) in [5, 5.41) is 13.5. The normalized spacial score (nSPS) is 10.8. The molecule has 21 heavy (non-hydrogen) atoms. The van der Waals surface area contributed by atoms with Crippen LogP contribution in [-0.4, -0.2) is 23.8 Å². The zero-order chi connectivity index (χ0) is 15.2. The highest BCUT2D eigenvalue weighted by Crippen LogP contribution is 2.26. The smallest absolute Gasteiger partial charge is 0.307 e. The summed E-state index contributed by atoms with van der Waals surface area (Å²) in [5.41, 5.74) is 2.95. The molecule has 0 radical (unpaired) electrons. The van der Waals surface area contributed by atoms with Crippen molar-refractivity contribution in [2.75, 3.05) is 6.61 Å². The molecule has 0 bridgehead atoms. The average molecular weight is 353 g/mol. The second kappa shape index (κ2) is 6.94. The summed E-state index contributed by atoms with van der Waals surface area (Å²) in [7, 11) is 0. The van der Waals surface area contributed by atoms with Crippen LogP contribution in [0.5, 0.6) is 11.5 Å². The van der Waals surface area contributed by atoms with Crippen molar-refractivity contribution in [2.45, 2.75) is 6.92 Å². The second-order valence-corrected chi connectivity index (χ2v) is 4.74. The number of nitrogens with zero attached hydrogens (tertiary/aromatic N) is 1. The van der Waals surface area contributed by atoms with Gasteiger partial charge in [0.25, 0.3) is 0 Å². The fourth-order valence-corrected chi connectivity index (χ4v) is 1.86. The Balaban J connectivity index is 1.98. The van der Waals surface area contributed by atoms with Crippen LogP contribution in [0.2, 0.25) is 0 Å². The van der Waals surface area contributed by atoms with E-state index in [1.807, 2.05) is 6.92 Å². The van der Waals surface area contributed by atoms with E-state index in [-0.39, 0.29) is 11.5 Å². The predicted molar refractivity (Wildman–Crippen MR) is 80.7 cm³/mol. The quantitative estimate of drug-likeness (QED) is 0.640. The van der Waals surface area contributed by atoms with E-state index in [2.05, 4.69) is 26.5 Å². The van der Waals surface area contributed by atoms with Crippen LogP contribution in [-0.2, 0) is 0 Å². The van der Waals surface area contributed by atoms with Crippen LogP contribution < -0.4 is 10.2 Å². The van der Waals surface area contributed by atoms with Crippen molar-refractivity contribution >= 4 is 28.1 Å². The number of benzene rings is 1. The fourth-order valence-electron chi connectivity index (χ4n) is 1.55. The maximum Gasteiger partial charge on any atom is 0.307 e. The average Bonchev–Trinajstić information content (AvgIpc) is 2.88. The molecule has 1 amide bonds. The molecule has 0 unspecified atom stereocenters. The third-order valence-corrected chi connectivity index (χ3v) is 2.89. The zero-order valence-electron chi connectivity index (χ0n) is 11.2. The predicted octanol–water partition coefficient (Wildman–Crippen LogP) is 2.91. The number of carbonyl (C=O) groups excluding carboxylic acids is 1. The highest BCUT2D eigenvalue weighted by molar-refractivity contribution is 9.10. The minimum atomic E-state index is -0.466. The zero-order valence-corrected chi connectivity index (χ0v) is 12.8. The number of ether oxygens (including phenoxy) is 1. The van der Waals surface area contributed by atoms with Crippen molar-refractivity contribution in [1.29, 1.82) is 0 Å². The summed E-state index contributed by atoms with van der Waals surface area (Å²) < 4.78 is 10.8. The van der Waals surface area contributed by atoms with E-state index in [9.17, 15) is 9.90 Å². The standard InChI is InChI=1S/C14H13BrN2O4/c1-2-20-11-4-3-9(7-10(11)18)8-16-17-14(19)12-5-6-13(15)21-12/h3-8,18H,2H2,1H3,(H,17,19)/b16-8+. The molecule has 0 aliphatic rings. The number of nitrogens with one attached hydrogen (secondary N) is 1. The number of halogens is 1. The lowest BCUT2D eigenvalue weighted by Crippen LogP contribution is -2.16. The molecule has 1 aromatic carbocycles. The molecule has 1 aromatic heterocycles. The first-order valence-corrected chi connectivity index (χ1v) is 6.94. The summed E-state index contributed by atoms with van der Waals surface area (Å²) in [5.74, 6) is 0.0990. The van der Waals surface area contributed by atoms with Gasteiger partial charge in [0.2, 0.25) is 0 Å². The third-order valence-electron chi connectivity index (χ3n) is 2.46. The van der Waals surface area contributed by atoms with E-state index in [0.717, 1.165) is 0 Å². The summed E-state index contributed by atoms with van der Waals surface area (Å²) in [4.78, 5) is 11.6. The van der Waals surface area contributed by atoms with Gasteiger partial charge >= 0.3 is 5.91 Å². The van der Waals surface area contributed by atoms with Crippen molar-refractivity contribution in [1.82, 2.24) is 5.43 Å². The Bertz CT molecular complexity index is 667. The minimum absolute atomic E-state index is 0.0158. The van der Waals surface area contributed by atoms with Crippen molar-refractivity contribution in [3.63, 3.8) is 0 Å². The summed E-state index contributed by atoms with van der Waals surface area (Å²) in [6, 6.07) is 7.97. The van der Waals surface area contributed by atoms with Crippen LogP contribution in [0.1, 0.15) is 23.0 Å². The largest absolute Gasteiger partial charge is 0.504 e. The van der Waals surface area contributed by atoms with Crippen molar-refractivity contribution in [3.05, 3.63) is 46.3 Å². The van der Waals surface area contributed by atoms with Crippen LogP contribution in [0.4, 0.5) is 0 Å². The molecular weight excluding hydrogens is 340 g/mol. The Labute approximate surface area is 129 Å². The molecular formula is C14H13BrN2O4. The van der Waals surface area contributed by atoms with Gasteiger partial charge in [-0.3, -0.25) is 4.79 Å². The van der Waals surface area contributed by atoms with Gasteiger partial charge in [0.05, 0.1) is 12.8 Å². The molecule has 2 aromatic rings. The van der Waals surface area contributed by atoms with E-state index < -0.39 is 5.91 Å². The van der Waals surface area contributed by atoms with Gasteiger partial charge in [-0.05, 0) is 58.7 Å². The fraction of sp³-hybridized carbons (Fsp3) is 0.143. The molecule has 2 N–H and O–H groups in total. The number of furan rings is 1. The van der Waals surface area contributed by atoms with Gasteiger partial charge in [0.1, 0.15) is 0 Å². The number of amides is 1. The molecule has 0 aliphatic heterocycles. The first kappa shape index (κ1) is 15.1. The van der Waals surface area contributed by atoms with Gasteiger partial charge < -0.3 is 14.3 Å². The van der Waals surface area contributed by atoms with E-state index in [4.69, 9.17) is 9.15 Å². The van der Waals surface area contributed by atoms with Crippen molar-refractivity contribution in [2.24, 2.45) is 5.10 Å². The van der Waals surface area contributed by atoms with E-state index >= 15 is 0 Å². The molecule has 2 rings (SSSR count). The van der Waals surface area contributed by atoms with Gasteiger partial charge in [-0.25, -0.2) is 5.43 Å². The molecule has 7 heteroatoms.